The fourth-order valence-corrected chi connectivity index (χ4v) is 5.65. The van der Waals surface area contributed by atoms with E-state index in [0.717, 1.165) is 10.6 Å². The predicted octanol–water partition coefficient (Wildman–Crippen LogP) is 2.70. The number of benzene rings is 1. The molecule has 2 amide bonds. The molecule has 30 heavy (non-hydrogen) atoms. The Kier molecular flexibility index (Phi) is 4.56. The molecular formula is C23H25N3O3S. The average molecular weight is 424 g/mol. The molecule has 2 aromatic rings. The highest BCUT2D eigenvalue weighted by molar-refractivity contribution is 7.09. The lowest BCUT2D eigenvalue weighted by molar-refractivity contribution is -0.142. The number of likely N-dealkylation sites (tertiary alicyclic amines) is 1. The largest absolute Gasteiger partial charge is 0.360 e. The van der Waals surface area contributed by atoms with E-state index in [9.17, 15) is 9.59 Å². The number of carbonyl (C=O) groups excluding carboxylic acids is 2. The van der Waals surface area contributed by atoms with E-state index in [-0.39, 0.29) is 17.9 Å². The van der Waals surface area contributed by atoms with Crippen molar-refractivity contribution in [3.63, 3.8) is 0 Å². The second kappa shape index (κ2) is 7.03. The first-order chi connectivity index (χ1) is 14.4. The molecule has 0 unspecified atom stereocenters. The van der Waals surface area contributed by atoms with Crippen LogP contribution >= 0.6 is 11.3 Å². The number of aromatic nitrogens is 1. The molecule has 2 saturated heterocycles. The van der Waals surface area contributed by atoms with Gasteiger partial charge in [-0.05, 0) is 30.5 Å². The van der Waals surface area contributed by atoms with Crippen molar-refractivity contribution in [3.8, 4) is 0 Å². The summed E-state index contributed by atoms with van der Waals surface area (Å²) in [4.78, 5) is 34.5. The monoisotopic (exact) mass is 423 g/mol. The van der Waals surface area contributed by atoms with Gasteiger partial charge in [-0.25, -0.2) is 4.98 Å². The number of carbonyl (C=O) groups is 2. The number of thiazole rings is 1. The van der Waals surface area contributed by atoms with Gasteiger partial charge in [0, 0.05) is 25.2 Å². The zero-order valence-corrected chi connectivity index (χ0v) is 18.2. The fraction of sp³-hybridized carbons (Fsp3) is 0.435. The van der Waals surface area contributed by atoms with Crippen LogP contribution in [0.5, 0.6) is 0 Å². The highest BCUT2D eigenvalue weighted by atomic mass is 32.1. The maximum absolute atomic E-state index is 13.4. The summed E-state index contributed by atoms with van der Waals surface area (Å²) in [7, 11) is 1.78. The van der Waals surface area contributed by atoms with Crippen LogP contribution in [0, 0.1) is 25.7 Å². The SMILES string of the molecule is Cc1ccc(CN2C[C@]34C=C[C@H](O3)[C@H](C(=O)N(C)Cc3nccs3)[C@@H]4C2=O)cc1C. The van der Waals surface area contributed by atoms with Gasteiger partial charge in [-0.2, -0.15) is 0 Å². The van der Waals surface area contributed by atoms with Crippen LogP contribution in [0.15, 0.2) is 41.9 Å². The van der Waals surface area contributed by atoms with Crippen LogP contribution in [0.3, 0.4) is 0 Å². The highest BCUT2D eigenvalue weighted by Crippen LogP contribution is 2.52. The van der Waals surface area contributed by atoms with Gasteiger partial charge in [0.2, 0.25) is 11.8 Å². The Labute approximate surface area is 180 Å². The van der Waals surface area contributed by atoms with Gasteiger partial charge < -0.3 is 14.5 Å². The molecule has 1 aromatic heterocycles. The van der Waals surface area contributed by atoms with E-state index in [1.165, 1.54) is 22.5 Å². The van der Waals surface area contributed by atoms with E-state index in [0.29, 0.717) is 19.6 Å². The molecule has 2 fully saturated rings. The number of rotatable bonds is 5. The van der Waals surface area contributed by atoms with E-state index in [4.69, 9.17) is 4.74 Å². The lowest BCUT2D eigenvalue weighted by Gasteiger charge is -2.27. The van der Waals surface area contributed by atoms with Gasteiger partial charge in [0.1, 0.15) is 10.6 Å². The van der Waals surface area contributed by atoms with Crippen LogP contribution in [-0.2, 0) is 27.4 Å². The zero-order valence-electron chi connectivity index (χ0n) is 17.4. The maximum Gasteiger partial charge on any atom is 0.230 e. The molecule has 0 saturated carbocycles. The molecule has 0 radical (unpaired) electrons. The summed E-state index contributed by atoms with van der Waals surface area (Å²) in [6.07, 6.45) is 5.38. The Morgan fingerprint density at radius 1 is 1.37 bits per heavy atom. The Bertz CT molecular complexity index is 1030. The molecule has 3 aliphatic rings. The number of amides is 2. The average Bonchev–Trinajstić information content (AvgIpc) is 3.47. The topological polar surface area (TPSA) is 62.7 Å². The van der Waals surface area contributed by atoms with Crippen LogP contribution in [0.4, 0.5) is 0 Å². The molecule has 1 aromatic carbocycles. The third-order valence-electron chi connectivity index (χ3n) is 6.64. The number of ether oxygens (including phenoxy) is 1. The summed E-state index contributed by atoms with van der Waals surface area (Å²) < 4.78 is 6.25. The van der Waals surface area contributed by atoms with Crippen LogP contribution in [0.1, 0.15) is 21.7 Å². The maximum atomic E-state index is 13.4. The third kappa shape index (κ3) is 2.99. The van der Waals surface area contributed by atoms with Crippen LogP contribution in [0.2, 0.25) is 0 Å². The predicted molar refractivity (Wildman–Crippen MR) is 114 cm³/mol. The lowest BCUT2D eigenvalue weighted by Crippen LogP contribution is -2.44. The molecule has 7 heteroatoms. The lowest BCUT2D eigenvalue weighted by atomic mass is 9.76. The summed E-state index contributed by atoms with van der Waals surface area (Å²) in [5.41, 5.74) is 2.88. The molecule has 3 aliphatic heterocycles. The Morgan fingerprint density at radius 2 is 2.20 bits per heavy atom. The van der Waals surface area contributed by atoms with Crippen LogP contribution < -0.4 is 0 Å². The minimum absolute atomic E-state index is 0.0149. The quantitative estimate of drug-likeness (QED) is 0.694. The van der Waals surface area contributed by atoms with Crippen molar-refractivity contribution in [2.75, 3.05) is 13.6 Å². The van der Waals surface area contributed by atoms with Crippen molar-refractivity contribution in [3.05, 3.63) is 63.6 Å². The summed E-state index contributed by atoms with van der Waals surface area (Å²) in [5, 5.41) is 2.78. The van der Waals surface area contributed by atoms with Gasteiger partial charge in [0.05, 0.1) is 31.0 Å². The normalized spacial score (nSPS) is 29.0. The van der Waals surface area contributed by atoms with Crippen molar-refractivity contribution in [1.29, 1.82) is 0 Å². The van der Waals surface area contributed by atoms with Gasteiger partial charge in [-0.1, -0.05) is 30.4 Å². The first kappa shape index (κ1) is 19.5. The van der Waals surface area contributed by atoms with E-state index in [1.807, 2.05) is 22.4 Å². The number of hydrogen-bond donors (Lipinski definition) is 0. The van der Waals surface area contributed by atoms with Gasteiger partial charge in [-0.3, -0.25) is 9.59 Å². The van der Waals surface area contributed by atoms with Gasteiger partial charge in [0.25, 0.3) is 0 Å². The zero-order chi connectivity index (χ0) is 21.0. The fourth-order valence-electron chi connectivity index (χ4n) is 4.98. The number of aryl methyl sites for hydroxylation is 2. The Hall–Kier alpha value is -2.51. The molecule has 1 spiro atoms. The minimum atomic E-state index is -0.677. The van der Waals surface area contributed by atoms with Crippen LogP contribution in [-0.4, -0.2) is 51.9 Å². The summed E-state index contributed by atoms with van der Waals surface area (Å²) in [5.74, 6) is -0.962. The molecule has 0 aliphatic carbocycles. The summed E-state index contributed by atoms with van der Waals surface area (Å²) in [6.45, 7) is 5.65. The molecule has 4 heterocycles. The molecule has 2 bridgehead atoms. The smallest absolute Gasteiger partial charge is 0.230 e. The van der Waals surface area contributed by atoms with Crippen molar-refractivity contribution < 1.29 is 14.3 Å². The molecule has 5 rings (SSSR count). The van der Waals surface area contributed by atoms with E-state index in [1.54, 1.807) is 18.1 Å². The number of hydrogen-bond acceptors (Lipinski definition) is 5. The number of fused-ring (bicyclic) bond motifs is 1. The summed E-state index contributed by atoms with van der Waals surface area (Å²) >= 11 is 1.52. The third-order valence-corrected chi connectivity index (χ3v) is 7.41. The molecule has 0 N–H and O–H groups in total. The van der Waals surface area contributed by atoms with E-state index >= 15 is 0 Å². The van der Waals surface area contributed by atoms with E-state index in [2.05, 4.69) is 37.0 Å². The second-order valence-electron chi connectivity index (χ2n) is 8.63. The molecule has 156 valence electrons. The minimum Gasteiger partial charge on any atom is -0.360 e. The van der Waals surface area contributed by atoms with Crippen molar-refractivity contribution in [2.45, 2.75) is 38.6 Å². The van der Waals surface area contributed by atoms with Gasteiger partial charge >= 0.3 is 0 Å². The van der Waals surface area contributed by atoms with Gasteiger partial charge in [-0.15, -0.1) is 11.3 Å². The first-order valence-electron chi connectivity index (χ1n) is 10.2. The van der Waals surface area contributed by atoms with Crippen molar-refractivity contribution in [1.82, 2.24) is 14.8 Å². The molecule has 6 nitrogen and oxygen atoms in total. The van der Waals surface area contributed by atoms with Crippen molar-refractivity contribution >= 4 is 23.2 Å². The van der Waals surface area contributed by atoms with Crippen molar-refractivity contribution in [2.24, 2.45) is 11.8 Å². The van der Waals surface area contributed by atoms with Crippen LogP contribution in [0.25, 0.3) is 0 Å². The van der Waals surface area contributed by atoms with E-state index < -0.39 is 17.4 Å². The Balaban J connectivity index is 1.36. The standard InChI is InChI=1S/C23H25N3O3S/c1-14-4-5-16(10-15(14)2)11-26-13-23-7-6-17(29-23)19(20(23)22(26)28)21(27)25(3)12-18-24-8-9-30-18/h4-10,17,19-20H,11-13H2,1-3H3/t17-,19-,20+,23-/m0/s1. The van der Waals surface area contributed by atoms with Gasteiger partial charge in [0.15, 0.2) is 0 Å². The highest BCUT2D eigenvalue weighted by Gasteiger charge is 2.67. The molecule has 4 atom stereocenters. The Morgan fingerprint density at radius 3 is 2.93 bits per heavy atom. The molecular weight excluding hydrogens is 398 g/mol. The summed E-state index contributed by atoms with van der Waals surface area (Å²) in [6, 6.07) is 6.29. The first-order valence-corrected chi connectivity index (χ1v) is 11.1. The number of nitrogens with zero attached hydrogens (tertiary/aromatic N) is 3. The second-order valence-corrected chi connectivity index (χ2v) is 9.61.